The fraction of sp³-hybridized carbons (Fsp3) is 0.444. The average Bonchev–Trinajstić information content (AvgIpc) is 3.35. The van der Waals surface area contributed by atoms with Crippen molar-refractivity contribution in [2.24, 2.45) is 0 Å². The van der Waals surface area contributed by atoms with Gasteiger partial charge < -0.3 is 24.2 Å². The third-order valence-corrected chi connectivity index (χ3v) is 6.62. The minimum atomic E-state index is -0.887. The minimum absolute atomic E-state index is 0.00741. The van der Waals surface area contributed by atoms with E-state index in [9.17, 15) is 9.18 Å². The van der Waals surface area contributed by atoms with Crippen LogP contribution in [0.25, 0.3) is 22.8 Å². The molecule has 8 nitrogen and oxygen atoms in total. The maximum absolute atomic E-state index is 14.4. The molecule has 0 saturated carbocycles. The van der Waals surface area contributed by atoms with Crippen molar-refractivity contribution in [1.82, 2.24) is 15.0 Å². The molecule has 3 aromatic rings. The fourth-order valence-corrected chi connectivity index (χ4v) is 4.68. The van der Waals surface area contributed by atoms with Crippen molar-refractivity contribution in [2.75, 3.05) is 32.1 Å². The maximum atomic E-state index is 14.4. The van der Waals surface area contributed by atoms with Crippen molar-refractivity contribution in [3.05, 3.63) is 53.3 Å². The van der Waals surface area contributed by atoms with Gasteiger partial charge in [0.1, 0.15) is 5.82 Å². The number of rotatable bonds is 10. The van der Waals surface area contributed by atoms with Crippen LogP contribution in [0.2, 0.25) is 0 Å². The van der Waals surface area contributed by atoms with Crippen molar-refractivity contribution in [3.63, 3.8) is 0 Å². The van der Waals surface area contributed by atoms with Gasteiger partial charge in [-0.05, 0) is 69.6 Å². The van der Waals surface area contributed by atoms with Crippen molar-refractivity contribution >= 4 is 11.7 Å². The Morgan fingerprint density at radius 3 is 2.75 bits per heavy atom. The summed E-state index contributed by atoms with van der Waals surface area (Å²) < 4.78 is 25.5. The molecule has 1 aliphatic heterocycles. The van der Waals surface area contributed by atoms with E-state index in [1.807, 2.05) is 12.1 Å². The van der Waals surface area contributed by atoms with Gasteiger partial charge in [-0.1, -0.05) is 5.16 Å². The van der Waals surface area contributed by atoms with Crippen molar-refractivity contribution in [3.8, 4) is 22.8 Å². The molecule has 1 saturated heterocycles. The summed E-state index contributed by atoms with van der Waals surface area (Å²) in [5.41, 5.74) is 4.10. The summed E-state index contributed by atoms with van der Waals surface area (Å²) in [6.07, 6.45) is 3.60. The van der Waals surface area contributed by atoms with Crippen molar-refractivity contribution in [2.45, 2.75) is 51.8 Å². The van der Waals surface area contributed by atoms with Crippen LogP contribution in [0.3, 0.4) is 0 Å². The average molecular weight is 497 g/mol. The molecular formula is C27H33FN4O4. The summed E-state index contributed by atoms with van der Waals surface area (Å²) in [4.78, 5) is 19.6. The first-order chi connectivity index (χ1) is 17.4. The van der Waals surface area contributed by atoms with Crippen LogP contribution in [0.4, 0.5) is 10.1 Å². The van der Waals surface area contributed by atoms with E-state index < -0.39 is 5.97 Å². The zero-order chi connectivity index (χ0) is 25.7. The Hall–Kier alpha value is -3.30. The zero-order valence-electron chi connectivity index (χ0n) is 21.0. The largest absolute Gasteiger partial charge is 0.481 e. The Morgan fingerprint density at radius 2 is 2.00 bits per heavy atom. The molecule has 1 atom stereocenters. The Labute approximate surface area is 210 Å². The number of piperidine rings is 1. The lowest BCUT2D eigenvalue weighted by atomic mass is 10.00. The van der Waals surface area contributed by atoms with Crippen LogP contribution in [-0.4, -0.2) is 59.4 Å². The number of aromatic nitrogens is 2. The molecule has 0 spiro atoms. The predicted octanol–water partition coefficient (Wildman–Crippen LogP) is 4.97. The Bertz CT molecular complexity index is 1200. The fourth-order valence-electron chi connectivity index (χ4n) is 4.68. The van der Waals surface area contributed by atoms with Gasteiger partial charge >= 0.3 is 5.97 Å². The number of benzene rings is 2. The molecular weight excluding hydrogens is 463 g/mol. The number of hydrogen-bond donors (Lipinski definition) is 1. The van der Waals surface area contributed by atoms with Crippen LogP contribution in [-0.2, 0) is 22.7 Å². The summed E-state index contributed by atoms with van der Waals surface area (Å²) in [5.74, 6) is -0.509. The second-order valence-electron chi connectivity index (χ2n) is 9.43. The topological polar surface area (TPSA) is 91.9 Å². The van der Waals surface area contributed by atoms with E-state index in [1.54, 1.807) is 31.2 Å². The molecule has 0 bridgehead atoms. The first kappa shape index (κ1) is 25.8. The standard InChI is InChI=1S/C27H33FN4O4/c1-18-6-4-5-12-32(18)24-10-8-20(15-22(24)17-35-3)27-29-26(30-36-27)19-7-9-23(28)21(14-19)16-31(2)13-11-25(33)34/h7-10,14-15,18H,4-6,11-13,16-17H2,1-3H3,(H,33,34). The highest BCUT2D eigenvalue weighted by Crippen LogP contribution is 2.32. The van der Waals surface area contributed by atoms with Crippen LogP contribution >= 0.6 is 0 Å². The SMILES string of the molecule is COCc1cc(-c2nc(-c3ccc(F)c(CN(C)CCC(=O)O)c3)no2)ccc1N1CCCCC1C. The van der Waals surface area contributed by atoms with Crippen molar-refractivity contribution in [1.29, 1.82) is 0 Å². The number of anilines is 1. The first-order valence-electron chi connectivity index (χ1n) is 12.3. The van der Waals surface area contributed by atoms with Gasteiger partial charge in [0.2, 0.25) is 5.82 Å². The molecule has 1 N–H and O–H groups in total. The van der Waals surface area contributed by atoms with Gasteiger partial charge in [-0.3, -0.25) is 4.79 Å². The molecule has 0 radical (unpaired) electrons. The van der Waals surface area contributed by atoms with Crippen LogP contribution in [0.15, 0.2) is 40.9 Å². The highest BCUT2D eigenvalue weighted by atomic mass is 19.1. The lowest BCUT2D eigenvalue weighted by Crippen LogP contribution is -2.38. The second kappa shape index (κ2) is 11.6. The van der Waals surface area contributed by atoms with Gasteiger partial charge in [0.25, 0.3) is 5.89 Å². The van der Waals surface area contributed by atoms with E-state index in [0.717, 1.165) is 17.7 Å². The monoisotopic (exact) mass is 496 g/mol. The van der Waals surface area contributed by atoms with Crippen molar-refractivity contribution < 1.29 is 23.6 Å². The highest BCUT2D eigenvalue weighted by Gasteiger charge is 2.22. The summed E-state index contributed by atoms with van der Waals surface area (Å²) >= 11 is 0. The number of hydrogen-bond acceptors (Lipinski definition) is 7. The number of carboxylic acids is 1. The number of nitrogens with zero attached hydrogens (tertiary/aromatic N) is 4. The molecule has 192 valence electrons. The molecule has 2 aromatic carbocycles. The second-order valence-corrected chi connectivity index (χ2v) is 9.43. The van der Waals surface area contributed by atoms with E-state index in [0.29, 0.717) is 42.0 Å². The van der Waals surface area contributed by atoms with Gasteiger partial charge in [-0.15, -0.1) is 0 Å². The molecule has 4 rings (SSSR count). The van der Waals surface area contributed by atoms with Gasteiger partial charge in [0.15, 0.2) is 0 Å². The molecule has 0 amide bonds. The minimum Gasteiger partial charge on any atom is -0.481 e. The molecule has 1 aliphatic rings. The van der Waals surface area contributed by atoms with Crippen LogP contribution in [0.5, 0.6) is 0 Å². The van der Waals surface area contributed by atoms with Crippen LogP contribution in [0, 0.1) is 5.82 Å². The Morgan fingerprint density at radius 1 is 1.22 bits per heavy atom. The van der Waals surface area contributed by atoms with E-state index in [1.165, 1.54) is 31.0 Å². The molecule has 1 fully saturated rings. The van der Waals surface area contributed by atoms with Gasteiger partial charge in [-0.2, -0.15) is 4.98 Å². The molecule has 1 aromatic heterocycles. The number of ether oxygens (including phenoxy) is 1. The summed E-state index contributed by atoms with van der Waals surface area (Å²) in [7, 11) is 3.44. The third-order valence-electron chi connectivity index (χ3n) is 6.62. The van der Waals surface area contributed by atoms with Crippen LogP contribution < -0.4 is 4.90 Å². The number of methoxy groups -OCH3 is 1. The maximum Gasteiger partial charge on any atom is 0.304 e. The highest BCUT2D eigenvalue weighted by molar-refractivity contribution is 5.67. The molecule has 36 heavy (non-hydrogen) atoms. The summed E-state index contributed by atoms with van der Waals surface area (Å²) in [6, 6.07) is 11.3. The van der Waals surface area contributed by atoms with Gasteiger partial charge in [0, 0.05) is 60.7 Å². The number of aliphatic carboxylic acids is 1. The lowest BCUT2D eigenvalue weighted by molar-refractivity contribution is -0.137. The Kier molecular flexibility index (Phi) is 8.32. The number of carbonyl (C=O) groups is 1. The number of carboxylic acid groups (broad SMARTS) is 1. The van der Waals surface area contributed by atoms with E-state index in [-0.39, 0.29) is 18.8 Å². The van der Waals surface area contributed by atoms with Crippen LogP contribution in [0.1, 0.15) is 43.7 Å². The van der Waals surface area contributed by atoms with Gasteiger partial charge in [-0.25, -0.2) is 4.39 Å². The Balaban J connectivity index is 1.56. The van der Waals surface area contributed by atoms with E-state index >= 15 is 0 Å². The molecule has 0 aliphatic carbocycles. The van der Waals surface area contributed by atoms with Gasteiger partial charge in [0.05, 0.1) is 13.0 Å². The lowest BCUT2D eigenvalue weighted by Gasteiger charge is -2.36. The molecule has 1 unspecified atom stereocenters. The summed E-state index contributed by atoms with van der Waals surface area (Å²) in [5, 5.41) is 13.0. The quantitative estimate of drug-likeness (QED) is 0.420. The molecule has 9 heteroatoms. The number of halogens is 1. The molecule has 2 heterocycles. The normalized spacial score (nSPS) is 16.0. The third kappa shape index (κ3) is 6.09. The zero-order valence-corrected chi connectivity index (χ0v) is 21.0. The smallest absolute Gasteiger partial charge is 0.304 e. The first-order valence-corrected chi connectivity index (χ1v) is 12.3. The summed E-state index contributed by atoms with van der Waals surface area (Å²) in [6.45, 7) is 4.36. The van der Waals surface area contributed by atoms with E-state index in [2.05, 4.69) is 28.0 Å². The van der Waals surface area contributed by atoms with E-state index in [4.69, 9.17) is 14.4 Å². The predicted molar refractivity (Wildman–Crippen MR) is 135 cm³/mol.